The zero-order valence-electron chi connectivity index (χ0n) is 9.87. The van der Waals surface area contributed by atoms with Crippen molar-refractivity contribution in [2.75, 3.05) is 6.54 Å². The van der Waals surface area contributed by atoms with Gasteiger partial charge < -0.3 is 10.4 Å². The fourth-order valence-corrected chi connectivity index (χ4v) is 2.21. The second kappa shape index (κ2) is 6.51. The van der Waals surface area contributed by atoms with Gasteiger partial charge >= 0.3 is 5.97 Å². The molecule has 1 aliphatic carbocycles. The molecular weight excluding hydrogens is 206 g/mol. The van der Waals surface area contributed by atoms with Gasteiger partial charge in [0.2, 0.25) is 5.91 Å². The number of carbonyl (C=O) groups excluding carboxylic acids is 1. The van der Waals surface area contributed by atoms with Crippen LogP contribution in [-0.4, -0.2) is 23.5 Å². The second-order valence-electron chi connectivity index (χ2n) is 4.86. The van der Waals surface area contributed by atoms with Gasteiger partial charge in [-0.15, -0.1) is 0 Å². The predicted molar refractivity (Wildman–Crippen MR) is 61.0 cm³/mol. The summed E-state index contributed by atoms with van der Waals surface area (Å²) in [7, 11) is 0. The van der Waals surface area contributed by atoms with Gasteiger partial charge in [0, 0.05) is 19.4 Å². The Bertz CT molecular complexity index is 247. The third-order valence-corrected chi connectivity index (χ3v) is 3.12. The van der Waals surface area contributed by atoms with E-state index in [0.29, 0.717) is 18.9 Å². The first-order valence-electron chi connectivity index (χ1n) is 6.06. The van der Waals surface area contributed by atoms with Gasteiger partial charge in [0.25, 0.3) is 0 Å². The highest BCUT2D eigenvalue weighted by Crippen LogP contribution is 2.27. The maximum absolute atomic E-state index is 11.5. The van der Waals surface area contributed by atoms with Crippen molar-refractivity contribution in [3.63, 3.8) is 0 Å². The van der Waals surface area contributed by atoms with Crippen molar-refractivity contribution < 1.29 is 14.7 Å². The van der Waals surface area contributed by atoms with Crippen molar-refractivity contribution in [1.29, 1.82) is 0 Å². The molecule has 0 aromatic heterocycles. The average Bonchev–Trinajstić information content (AvgIpc) is 2.66. The molecule has 0 heterocycles. The van der Waals surface area contributed by atoms with Crippen molar-refractivity contribution in [2.45, 2.75) is 45.4 Å². The van der Waals surface area contributed by atoms with Crippen molar-refractivity contribution in [3.8, 4) is 0 Å². The normalized spacial score (nSPS) is 18.3. The molecule has 92 valence electrons. The zero-order chi connectivity index (χ0) is 12.0. The molecule has 4 nitrogen and oxygen atoms in total. The highest BCUT2D eigenvalue weighted by molar-refractivity contribution is 5.76. The number of carbonyl (C=O) groups is 2. The van der Waals surface area contributed by atoms with Crippen LogP contribution in [0.1, 0.15) is 45.4 Å². The number of amides is 1. The van der Waals surface area contributed by atoms with Crippen LogP contribution in [0.25, 0.3) is 0 Å². The van der Waals surface area contributed by atoms with Crippen LogP contribution in [0.3, 0.4) is 0 Å². The molecular formula is C12H21NO3. The first-order chi connectivity index (χ1) is 7.58. The van der Waals surface area contributed by atoms with E-state index < -0.39 is 5.97 Å². The van der Waals surface area contributed by atoms with Gasteiger partial charge in [-0.05, 0) is 24.7 Å². The highest BCUT2D eigenvalue weighted by atomic mass is 16.4. The van der Waals surface area contributed by atoms with E-state index in [1.807, 2.05) is 6.92 Å². The Labute approximate surface area is 96.4 Å². The molecule has 0 spiro atoms. The van der Waals surface area contributed by atoms with Crippen LogP contribution < -0.4 is 5.32 Å². The van der Waals surface area contributed by atoms with Crippen LogP contribution in [-0.2, 0) is 9.59 Å². The lowest BCUT2D eigenvalue weighted by molar-refractivity contribution is -0.138. The molecule has 4 heteroatoms. The van der Waals surface area contributed by atoms with Crippen molar-refractivity contribution >= 4 is 11.9 Å². The molecule has 0 aromatic rings. The largest absolute Gasteiger partial charge is 0.481 e. The summed E-state index contributed by atoms with van der Waals surface area (Å²) in [6.07, 6.45) is 5.54. The van der Waals surface area contributed by atoms with Gasteiger partial charge in [-0.2, -0.15) is 0 Å². The summed E-state index contributed by atoms with van der Waals surface area (Å²) >= 11 is 0. The minimum absolute atomic E-state index is 0.00466. The lowest BCUT2D eigenvalue weighted by Crippen LogP contribution is -2.30. The minimum Gasteiger partial charge on any atom is -0.481 e. The molecule has 1 saturated carbocycles. The summed E-state index contributed by atoms with van der Waals surface area (Å²) in [6, 6.07) is 0. The summed E-state index contributed by atoms with van der Waals surface area (Å²) in [6.45, 7) is 2.31. The Morgan fingerprint density at radius 3 is 2.56 bits per heavy atom. The van der Waals surface area contributed by atoms with Gasteiger partial charge in [-0.1, -0.05) is 19.8 Å². The molecule has 1 unspecified atom stereocenters. The minimum atomic E-state index is -0.808. The topological polar surface area (TPSA) is 66.4 Å². The molecule has 1 atom stereocenters. The molecule has 0 radical (unpaired) electrons. The molecule has 16 heavy (non-hydrogen) atoms. The van der Waals surface area contributed by atoms with E-state index in [4.69, 9.17) is 5.11 Å². The first-order valence-corrected chi connectivity index (χ1v) is 6.06. The number of carboxylic acids is 1. The average molecular weight is 227 g/mol. The third-order valence-electron chi connectivity index (χ3n) is 3.12. The molecule has 1 fully saturated rings. The van der Waals surface area contributed by atoms with E-state index in [-0.39, 0.29) is 18.2 Å². The summed E-state index contributed by atoms with van der Waals surface area (Å²) < 4.78 is 0. The Kier molecular flexibility index (Phi) is 5.29. The van der Waals surface area contributed by atoms with Crippen molar-refractivity contribution in [3.05, 3.63) is 0 Å². The highest BCUT2D eigenvalue weighted by Gasteiger charge is 2.18. The van der Waals surface area contributed by atoms with Gasteiger partial charge in [-0.25, -0.2) is 0 Å². The number of hydrogen-bond donors (Lipinski definition) is 2. The van der Waals surface area contributed by atoms with E-state index in [1.165, 1.54) is 12.8 Å². The van der Waals surface area contributed by atoms with Crippen molar-refractivity contribution in [1.82, 2.24) is 5.32 Å². The Balaban J connectivity index is 2.11. The smallest absolute Gasteiger partial charge is 0.303 e. The van der Waals surface area contributed by atoms with Crippen LogP contribution in [0.2, 0.25) is 0 Å². The van der Waals surface area contributed by atoms with Crippen LogP contribution in [0.15, 0.2) is 0 Å². The van der Waals surface area contributed by atoms with Crippen LogP contribution in [0, 0.1) is 11.8 Å². The molecule has 0 bridgehead atoms. The fraction of sp³-hybridized carbons (Fsp3) is 0.833. The summed E-state index contributed by atoms with van der Waals surface area (Å²) in [5.74, 6) is -0.179. The Hall–Kier alpha value is -1.06. The SMILES string of the molecule is CC(CNC(=O)CC1CCCC1)CC(=O)O. The summed E-state index contributed by atoms with van der Waals surface area (Å²) in [5.41, 5.74) is 0. The molecule has 0 aliphatic heterocycles. The molecule has 0 saturated heterocycles. The van der Waals surface area contributed by atoms with Gasteiger partial charge in [0.15, 0.2) is 0 Å². The van der Waals surface area contributed by atoms with Crippen LogP contribution >= 0.6 is 0 Å². The molecule has 1 amide bonds. The number of carboxylic acid groups (broad SMARTS) is 1. The van der Waals surface area contributed by atoms with E-state index in [0.717, 1.165) is 12.8 Å². The number of rotatable bonds is 6. The van der Waals surface area contributed by atoms with Crippen LogP contribution in [0.5, 0.6) is 0 Å². The van der Waals surface area contributed by atoms with E-state index in [1.54, 1.807) is 0 Å². The van der Waals surface area contributed by atoms with E-state index in [9.17, 15) is 9.59 Å². The maximum atomic E-state index is 11.5. The molecule has 1 rings (SSSR count). The van der Waals surface area contributed by atoms with Crippen LogP contribution in [0.4, 0.5) is 0 Å². The Morgan fingerprint density at radius 2 is 2.00 bits per heavy atom. The van der Waals surface area contributed by atoms with Gasteiger partial charge in [0.05, 0.1) is 0 Å². The number of nitrogens with one attached hydrogen (secondary N) is 1. The van der Waals surface area contributed by atoms with Crippen molar-refractivity contribution in [2.24, 2.45) is 11.8 Å². The predicted octanol–water partition coefficient (Wildman–Crippen LogP) is 1.79. The lowest BCUT2D eigenvalue weighted by Gasteiger charge is -2.12. The number of hydrogen-bond acceptors (Lipinski definition) is 2. The van der Waals surface area contributed by atoms with Gasteiger partial charge in [0.1, 0.15) is 0 Å². The molecule has 2 N–H and O–H groups in total. The maximum Gasteiger partial charge on any atom is 0.303 e. The number of aliphatic carboxylic acids is 1. The van der Waals surface area contributed by atoms with E-state index in [2.05, 4.69) is 5.32 Å². The first kappa shape index (κ1) is 13.0. The third kappa shape index (κ3) is 5.14. The second-order valence-corrected chi connectivity index (χ2v) is 4.86. The van der Waals surface area contributed by atoms with Gasteiger partial charge in [-0.3, -0.25) is 9.59 Å². The standard InChI is InChI=1S/C12H21NO3/c1-9(6-12(15)16)8-13-11(14)7-10-4-2-3-5-10/h9-10H,2-8H2,1H3,(H,13,14)(H,15,16). The zero-order valence-corrected chi connectivity index (χ0v) is 9.87. The summed E-state index contributed by atoms with van der Waals surface area (Å²) in [4.78, 5) is 22.0. The molecule has 0 aromatic carbocycles. The molecule has 1 aliphatic rings. The quantitative estimate of drug-likeness (QED) is 0.727. The monoisotopic (exact) mass is 227 g/mol. The van der Waals surface area contributed by atoms with E-state index >= 15 is 0 Å². The summed E-state index contributed by atoms with van der Waals surface area (Å²) in [5, 5.41) is 11.4. The Morgan fingerprint density at radius 1 is 1.38 bits per heavy atom. The fourth-order valence-electron chi connectivity index (χ4n) is 2.21. The lowest BCUT2D eigenvalue weighted by atomic mass is 10.0.